The number of Topliss-reactive ketones (excluding diaryl/α,β-unsaturated/α-hetero) is 1. The number of ketones is 1. The van der Waals surface area contributed by atoms with Crippen LogP contribution in [-0.2, 0) is 0 Å². The first-order valence-electron chi connectivity index (χ1n) is 8.23. The molecule has 2 heterocycles. The normalized spacial score (nSPS) is 14.6. The number of nitrogens with zero attached hydrogens (tertiary/aromatic N) is 1. The number of hydrogen-bond acceptors (Lipinski definition) is 5. The molecule has 0 unspecified atom stereocenters. The summed E-state index contributed by atoms with van der Waals surface area (Å²) in [7, 11) is 3.93. The zero-order valence-electron chi connectivity index (χ0n) is 14.7. The molecule has 5 nitrogen and oxygen atoms in total. The van der Waals surface area contributed by atoms with Crippen molar-refractivity contribution in [3.05, 3.63) is 75.3 Å². The fourth-order valence-corrected chi connectivity index (χ4v) is 3.07. The van der Waals surface area contributed by atoms with E-state index in [0.29, 0.717) is 11.3 Å². The number of carbonyl (C=O) groups excluding carboxylic acids is 1. The maximum Gasteiger partial charge on any atom is 0.336 e. The predicted molar refractivity (Wildman–Crippen MR) is 101 cm³/mol. The van der Waals surface area contributed by atoms with Crippen molar-refractivity contribution < 1.29 is 13.9 Å². The highest BCUT2D eigenvalue weighted by atomic mass is 16.5. The number of rotatable bonds is 2. The smallest absolute Gasteiger partial charge is 0.336 e. The minimum Gasteiger partial charge on any atom is -0.452 e. The predicted octanol–water partition coefficient (Wildman–Crippen LogP) is 3.78. The highest BCUT2D eigenvalue weighted by Crippen LogP contribution is 2.37. The second kappa shape index (κ2) is 5.88. The van der Waals surface area contributed by atoms with E-state index in [2.05, 4.69) is 0 Å². The summed E-state index contributed by atoms with van der Waals surface area (Å²) in [6.07, 6.45) is 1.70. The Bertz CT molecular complexity index is 1120. The molecule has 0 aliphatic carbocycles. The zero-order chi connectivity index (χ0) is 18.4. The van der Waals surface area contributed by atoms with Crippen LogP contribution in [0.1, 0.15) is 21.5 Å². The molecule has 0 atom stereocenters. The van der Waals surface area contributed by atoms with Gasteiger partial charge >= 0.3 is 5.63 Å². The van der Waals surface area contributed by atoms with Crippen molar-refractivity contribution in [3.8, 4) is 5.75 Å². The van der Waals surface area contributed by atoms with Crippen LogP contribution in [0.2, 0.25) is 0 Å². The van der Waals surface area contributed by atoms with Gasteiger partial charge in [-0.3, -0.25) is 4.79 Å². The van der Waals surface area contributed by atoms with Gasteiger partial charge in [-0.15, -0.1) is 0 Å². The van der Waals surface area contributed by atoms with E-state index in [1.165, 1.54) is 6.07 Å². The van der Waals surface area contributed by atoms with Crippen LogP contribution in [0, 0.1) is 6.92 Å². The number of carbonyl (C=O) groups is 1. The number of aryl methyl sites for hydroxylation is 1. The summed E-state index contributed by atoms with van der Waals surface area (Å²) >= 11 is 0. The van der Waals surface area contributed by atoms with Crippen LogP contribution in [0.15, 0.2) is 57.4 Å². The van der Waals surface area contributed by atoms with Crippen LogP contribution >= 0.6 is 0 Å². The minimum absolute atomic E-state index is 0.217. The lowest BCUT2D eigenvalue weighted by atomic mass is 10.0. The summed E-state index contributed by atoms with van der Waals surface area (Å²) < 4.78 is 11.0. The quantitative estimate of drug-likeness (QED) is 0.521. The number of hydrogen-bond donors (Lipinski definition) is 0. The molecular weight excluding hydrogens is 330 g/mol. The first-order chi connectivity index (χ1) is 12.4. The van der Waals surface area contributed by atoms with Crippen molar-refractivity contribution >= 4 is 28.5 Å². The second-order valence-electron chi connectivity index (χ2n) is 6.49. The van der Waals surface area contributed by atoms with Crippen LogP contribution < -0.4 is 15.3 Å². The fraction of sp³-hybridized carbons (Fsp3) is 0.143. The molecular formula is C21H17NO4. The molecule has 5 heteroatoms. The van der Waals surface area contributed by atoms with Crippen molar-refractivity contribution in [2.24, 2.45) is 0 Å². The van der Waals surface area contributed by atoms with Crippen molar-refractivity contribution in [1.29, 1.82) is 0 Å². The third-order valence-electron chi connectivity index (χ3n) is 4.46. The molecule has 0 amide bonds. The molecule has 0 saturated carbocycles. The van der Waals surface area contributed by atoms with Gasteiger partial charge in [0.1, 0.15) is 11.3 Å². The maximum atomic E-state index is 12.8. The third kappa shape index (κ3) is 2.58. The van der Waals surface area contributed by atoms with Gasteiger partial charge in [-0.1, -0.05) is 12.1 Å². The fourth-order valence-electron chi connectivity index (χ4n) is 3.07. The van der Waals surface area contributed by atoms with Gasteiger partial charge in [-0.2, -0.15) is 0 Å². The standard InChI is InChI=1S/C21H17NO4/c1-12-10-18(23)26-21-15(12)8-9-16-19(21)20(24)17(25-16)11-13-4-6-14(7-5-13)22(2)3/h4-11H,1-3H3/b17-11-. The molecule has 130 valence electrons. The summed E-state index contributed by atoms with van der Waals surface area (Å²) in [6, 6.07) is 12.7. The van der Waals surface area contributed by atoms with Gasteiger partial charge < -0.3 is 14.1 Å². The van der Waals surface area contributed by atoms with E-state index in [0.717, 1.165) is 22.2 Å². The number of ether oxygens (including phenoxy) is 1. The van der Waals surface area contributed by atoms with Crippen molar-refractivity contribution in [1.82, 2.24) is 0 Å². The van der Waals surface area contributed by atoms with Crippen LogP contribution in [0.5, 0.6) is 5.75 Å². The summed E-state index contributed by atoms with van der Waals surface area (Å²) in [4.78, 5) is 26.6. The van der Waals surface area contributed by atoms with Crippen LogP contribution in [0.4, 0.5) is 5.69 Å². The van der Waals surface area contributed by atoms with E-state index in [1.54, 1.807) is 18.2 Å². The molecule has 4 rings (SSSR count). The topological polar surface area (TPSA) is 59.8 Å². The monoisotopic (exact) mass is 347 g/mol. The highest BCUT2D eigenvalue weighted by molar-refractivity contribution is 6.20. The first-order valence-corrected chi connectivity index (χ1v) is 8.23. The van der Waals surface area contributed by atoms with Crippen LogP contribution in [0.3, 0.4) is 0 Å². The summed E-state index contributed by atoms with van der Waals surface area (Å²) in [5.41, 5.74) is 2.80. The first kappa shape index (κ1) is 16.1. The lowest BCUT2D eigenvalue weighted by Gasteiger charge is -2.11. The van der Waals surface area contributed by atoms with E-state index in [9.17, 15) is 9.59 Å². The molecule has 0 bridgehead atoms. The molecule has 0 fully saturated rings. The summed E-state index contributed by atoms with van der Waals surface area (Å²) in [5, 5.41) is 0.733. The van der Waals surface area contributed by atoms with Crippen molar-refractivity contribution in [2.75, 3.05) is 19.0 Å². The number of anilines is 1. The molecule has 1 aliphatic heterocycles. The Morgan fingerprint density at radius 1 is 1.00 bits per heavy atom. The number of allylic oxidation sites excluding steroid dienone is 1. The molecule has 1 aliphatic rings. The Balaban J connectivity index is 1.79. The molecule has 26 heavy (non-hydrogen) atoms. The van der Waals surface area contributed by atoms with Crippen molar-refractivity contribution in [2.45, 2.75) is 6.92 Å². The lowest BCUT2D eigenvalue weighted by Crippen LogP contribution is -2.08. The average Bonchev–Trinajstić information content (AvgIpc) is 2.91. The zero-order valence-corrected chi connectivity index (χ0v) is 14.7. The van der Waals surface area contributed by atoms with E-state index < -0.39 is 5.63 Å². The lowest BCUT2D eigenvalue weighted by molar-refractivity contribution is 0.101. The third-order valence-corrected chi connectivity index (χ3v) is 4.46. The van der Waals surface area contributed by atoms with Crippen LogP contribution in [0.25, 0.3) is 17.0 Å². The van der Waals surface area contributed by atoms with Gasteiger partial charge in [0.25, 0.3) is 0 Å². The van der Waals surface area contributed by atoms with Crippen molar-refractivity contribution in [3.63, 3.8) is 0 Å². The Morgan fingerprint density at radius 2 is 1.73 bits per heavy atom. The molecule has 0 radical (unpaired) electrons. The molecule has 2 aromatic carbocycles. The Kier molecular flexibility index (Phi) is 3.65. The largest absolute Gasteiger partial charge is 0.452 e. The Labute approximate surface area is 150 Å². The van der Waals surface area contributed by atoms with E-state index in [1.807, 2.05) is 50.2 Å². The Morgan fingerprint density at radius 3 is 2.42 bits per heavy atom. The molecule has 0 saturated heterocycles. The molecule has 1 aromatic heterocycles. The summed E-state index contributed by atoms with van der Waals surface area (Å²) in [6.45, 7) is 1.81. The van der Waals surface area contributed by atoms with Crippen LogP contribution in [-0.4, -0.2) is 19.9 Å². The highest BCUT2D eigenvalue weighted by Gasteiger charge is 2.31. The average molecular weight is 347 g/mol. The second-order valence-corrected chi connectivity index (χ2v) is 6.49. The van der Waals surface area contributed by atoms with E-state index in [-0.39, 0.29) is 17.1 Å². The SMILES string of the molecule is Cc1cc(=O)oc2c3c(ccc12)O/C(=C\c1ccc(N(C)C)cc1)C3=O. The maximum absolute atomic E-state index is 12.8. The van der Waals surface area contributed by atoms with Gasteiger partial charge in [0.2, 0.25) is 5.78 Å². The van der Waals surface area contributed by atoms with Gasteiger partial charge in [-0.05, 0) is 48.4 Å². The summed E-state index contributed by atoms with van der Waals surface area (Å²) in [5.74, 6) is 0.345. The van der Waals surface area contributed by atoms with Gasteiger partial charge in [0.15, 0.2) is 11.3 Å². The number of fused-ring (bicyclic) bond motifs is 3. The molecule has 0 N–H and O–H groups in total. The minimum atomic E-state index is -0.479. The molecule has 0 spiro atoms. The van der Waals surface area contributed by atoms with Gasteiger partial charge in [-0.25, -0.2) is 4.79 Å². The van der Waals surface area contributed by atoms with E-state index >= 15 is 0 Å². The van der Waals surface area contributed by atoms with E-state index in [4.69, 9.17) is 9.15 Å². The molecule has 3 aromatic rings. The number of benzene rings is 2. The van der Waals surface area contributed by atoms with Gasteiger partial charge in [0.05, 0.1) is 0 Å². The Hall–Kier alpha value is -3.34. The van der Waals surface area contributed by atoms with Gasteiger partial charge in [0, 0.05) is 31.2 Å².